The second-order valence-corrected chi connectivity index (χ2v) is 7.64. The monoisotopic (exact) mass is 399 g/mol. The first-order valence-corrected chi connectivity index (χ1v) is 10.0. The van der Waals surface area contributed by atoms with E-state index in [1.807, 2.05) is 0 Å². The molecule has 28 heavy (non-hydrogen) atoms. The number of nitriles is 1. The average Bonchev–Trinajstić information content (AvgIpc) is 3.15. The predicted molar refractivity (Wildman–Crippen MR) is 104 cm³/mol. The smallest absolute Gasteiger partial charge is 0.231 e. The molecule has 1 fully saturated rings. The number of rotatable bonds is 6. The Balaban J connectivity index is 1.65. The van der Waals surface area contributed by atoms with Crippen molar-refractivity contribution in [1.82, 2.24) is 25.5 Å². The molecule has 0 spiro atoms. The van der Waals surface area contributed by atoms with Crippen LogP contribution in [0.25, 0.3) is 5.69 Å². The van der Waals surface area contributed by atoms with Crippen LogP contribution in [0.5, 0.6) is 0 Å². The van der Waals surface area contributed by atoms with E-state index in [2.05, 4.69) is 32.2 Å². The van der Waals surface area contributed by atoms with Crippen LogP contribution in [0.2, 0.25) is 0 Å². The van der Waals surface area contributed by atoms with Crippen LogP contribution in [0.4, 0.5) is 5.69 Å². The van der Waals surface area contributed by atoms with Crippen molar-refractivity contribution in [2.45, 2.75) is 49.7 Å². The molecule has 1 saturated carbocycles. The van der Waals surface area contributed by atoms with E-state index in [9.17, 15) is 14.9 Å². The summed E-state index contributed by atoms with van der Waals surface area (Å²) in [6.07, 6.45) is 4.37. The van der Waals surface area contributed by atoms with Crippen LogP contribution in [0.15, 0.2) is 29.4 Å². The number of aromatic nitrogens is 4. The molecule has 1 aliphatic rings. The highest BCUT2D eigenvalue weighted by Gasteiger charge is 2.33. The lowest BCUT2D eigenvalue weighted by atomic mass is 9.83. The quantitative estimate of drug-likeness (QED) is 0.712. The molecule has 1 aromatic heterocycles. The Labute approximate surface area is 166 Å². The summed E-state index contributed by atoms with van der Waals surface area (Å²) in [6, 6.07) is 9.37. The minimum absolute atomic E-state index is 0.106. The fraction of sp³-hybridized carbons (Fsp3) is 0.444. The van der Waals surface area contributed by atoms with E-state index < -0.39 is 5.54 Å². The van der Waals surface area contributed by atoms with E-state index in [-0.39, 0.29) is 17.6 Å². The molecule has 0 unspecified atom stereocenters. The zero-order chi connectivity index (χ0) is 20.0. The third-order valence-corrected chi connectivity index (χ3v) is 5.40. The van der Waals surface area contributed by atoms with Crippen LogP contribution in [0.3, 0.4) is 0 Å². The fourth-order valence-corrected chi connectivity index (χ4v) is 3.89. The molecule has 0 bridgehead atoms. The van der Waals surface area contributed by atoms with E-state index in [4.69, 9.17) is 0 Å². The second-order valence-electron chi connectivity index (χ2n) is 6.70. The molecule has 1 heterocycles. The zero-order valence-corrected chi connectivity index (χ0v) is 16.3. The minimum Gasteiger partial charge on any atom is -0.337 e. The van der Waals surface area contributed by atoms with Crippen molar-refractivity contribution < 1.29 is 9.59 Å². The maximum Gasteiger partial charge on any atom is 0.231 e. The molecule has 2 N–H and O–H groups in total. The highest BCUT2D eigenvalue weighted by atomic mass is 32.2. The van der Waals surface area contributed by atoms with E-state index >= 15 is 0 Å². The molecule has 2 aromatic rings. The fourth-order valence-electron chi connectivity index (χ4n) is 3.20. The molecule has 0 saturated heterocycles. The summed E-state index contributed by atoms with van der Waals surface area (Å²) >= 11 is 1.19. The first kappa shape index (κ1) is 19.8. The SMILES string of the molecule is CC(=O)Nc1cccc(-n2nnnc2SCC(=O)NC2(C#N)CCCCC2)c1. The molecule has 146 valence electrons. The van der Waals surface area contributed by atoms with Crippen molar-refractivity contribution >= 4 is 29.3 Å². The summed E-state index contributed by atoms with van der Waals surface area (Å²) < 4.78 is 1.50. The van der Waals surface area contributed by atoms with Gasteiger partial charge < -0.3 is 10.6 Å². The highest BCUT2D eigenvalue weighted by Crippen LogP contribution is 2.28. The van der Waals surface area contributed by atoms with Crippen molar-refractivity contribution in [2.24, 2.45) is 0 Å². The van der Waals surface area contributed by atoms with Gasteiger partial charge in [-0.2, -0.15) is 9.94 Å². The molecule has 2 amide bonds. The number of hydrogen-bond acceptors (Lipinski definition) is 7. The number of nitrogens with zero attached hydrogens (tertiary/aromatic N) is 5. The van der Waals surface area contributed by atoms with E-state index in [0.717, 1.165) is 19.3 Å². The van der Waals surface area contributed by atoms with Gasteiger partial charge in [-0.1, -0.05) is 37.1 Å². The third-order valence-electron chi connectivity index (χ3n) is 4.48. The molecule has 0 aliphatic heterocycles. The van der Waals surface area contributed by atoms with Gasteiger partial charge in [0.25, 0.3) is 0 Å². The summed E-state index contributed by atoms with van der Waals surface area (Å²) in [4.78, 5) is 23.6. The van der Waals surface area contributed by atoms with Crippen LogP contribution in [-0.4, -0.2) is 43.3 Å². The van der Waals surface area contributed by atoms with Crippen LogP contribution in [-0.2, 0) is 9.59 Å². The number of anilines is 1. The largest absolute Gasteiger partial charge is 0.337 e. The van der Waals surface area contributed by atoms with Crippen molar-refractivity contribution in [3.8, 4) is 11.8 Å². The lowest BCUT2D eigenvalue weighted by Gasteiger charge is -2.31. The van der Waals surface area contributed by atoms with Gasteiger partial charge in [0.2, 0.25) is 17.0 Å². The Bertz CT molecular complexity index is 899. The number of carbonyl (C=O) groups is 2. The standard InChI is InChI=1S/C18H21N7O2S/c1-13(26)20-14-6-5-7-15(10-14)25-17(22-23-24-25)28-11-16(27)21-18(12-19)8-3-2-4-9-18/h5-7,10H,2-4,8-9,11H2,1H3,(H,20,26)(H,21,27). The molecule has 1 aromatic carbocycles. The Kier molecular flexibility index (Phi) is 6.26. The summed E-state index contributed by atoms with van der Waals surface area (Å²) in [6.45, 7) is 1.43. The van der Waals surface area contributed by atoms with Crippen LogP contribution < -0.4 is 10.6 Å². The third kappa shape index (κ3) is 4.86. The molecule has 0 radical (unpaired) electrons. The molecular formula is C18H21N7O2S. The second kappa shape index (κ2) is 8.84. The highest BCUT2D eigenvalue weighted by molar-refractivity contribution is 7.99. The summed E-state index contributed by atoms with van der Waals surface area (Å²) in [5.41, 5.74) is 0.538. The zero-order valence-electron chi connectivity index (χ0n) is 15.5. The molecular weight excluding hydrogens is 378 g/mol. The molecule has 9 nitrogen and oxygen atoms in total. The van der Waals surface area contributed by atoms with Crippen LogP contribution >= 0.6 is 11.8 Å². The average molecular weight is 399 g/mol. The Morgan fingerprint density at radius 1 is 1.32 bits per heavy atom. The minimum atomic E-state index is -0.755. The van der Waals surface area contributed by atoms with Gasteiger partial charge in [0.1, 0.15) is 5.54 Å². The Morgan fingerprint density at radius 2 is 2.11 bits per heavy atom. The topological polar surface area (TPSA) is 126 Å². The van der Waals surface area contributed by atoms with Crippen molar-refractivity contribution in [1.29, 1.82) is 5.26 Å². The van der Waals surface area contributed by atoms with E-state index in [1.54, 1.807) is 24.3 Å². The number of amides is 2. The number of carbonyl (C=O) groups excluding carboxylic acids is 2. The maximum atomic E-state index is 12.4. The van der Waals surface area contributed by atoms with Gasteiger partial charge in [0.05, 0.1) is 17.5 Å². The number of nitrogens with one attached hydrogen (secondary N) is 2. The lowest BCUT2D eigenvalue weighted by Crippen LogP contribution is -2.49. The first-order valence-electron chi connectivity index (χ1n) is 9.03. The van der Waals surface area contributed by atoms with Gasteiger partial charge in [-0.3, -0.25) is 9.59 Å². The molecule has 0 atom stereocenters. The molecule has 3 rings (SSSR count). The molecule has 1 aliphatic carbocycles. The van der Waals surface area contributed by atoms with Gasteiger partial charge >= 0.3 is 0 Å². The Hall–Kier alpha value is -2.93. The summed E-state index contributed by atoms with van der Waals surface area (Å²) in [5, 5.41) is 27.2. The van der Waals surface area contributed by atoms with Gasteiger partial charge in [0, 0.05) is 12.6 Å². The summed E-state index contributed by atoms with van der Waals surface area (Å²) in [7, 11) is 0. The van der Waals surface area contributed by atoms with Crippen molar-refractivity contribution in [3.05, 3.63) is 24.3 Å². The van der Waals surface area contributed by atoms with Gasteiger partial charge in [0.15, 0.2) is 0 Å². The number of thioether (sulfide) groups is 1. The van der Waals surface area contributed by atoms with Crippen LogP contribution in [0, 0.1) is 11.3 Å². The van der Waals surface area contributed by atoms with E-state index in [1.165, 1.54) is 23.4 Å². The maximum absolute atomic E-state index is 12.4. The molecule has 10 heteroatoms. The normalized spacial score (nSPS) is 15.4. The van der Waals surface area contributed by atoms with Gasteiger partial charge in [-0.25, -0.2) is 0 Å². The van der Waals surface area contributed by atoms with Crippen molar-refractivity contribution in [2.75, 3.05) is 11.1 Å². The van der Waals surface area contributed by atoms with Gasteiger partial charge in [-0.05, 0) is 41.5 Å². The number of benzene rings is 1. The van der Waals surface area contributed by atoms with Gasteiger partial charge in [-0.15, -0.1) is 5.10 Å². The Morgan fingerprint density at radius 3 is 2.82 bits per heavy atom. The summed E-state index contributed by atoms with van der Waals surface area (Å²) in [5.74, 6) is -0.279. The van der Waals surface area contributed by atoms with Crippen molar-refractivity contribution in [3.63, 3.8) is 0 Å². The predicted octanol–water partition coefficient (Wildman–Crippen LogP) is 2.06. The van der Waals surface area contributed by atoms with E-state index in [0.29, 0.717) is 29.4 Å². The lowest BCUT2D eigenvalue weighted by molar-refractivity contribution is -0.120. The number of tetrazole rings is 1. The van der Waals surface area contributed by atoms with Crippen LogP contribution in [0.1, 0.15) is 39.0 Å². The first-order chi connectivity index (χ1) is 13.5. The number of hydrogen-bond donors (Lipinski definition) is 2.